The maximum absolute atomic E-state index is 5.30. The highest BCUT2D eigenvalue weighted by Gasteiger charge is 1.89. The number of hydrogen-bond donors (Lipinski definition) is 0. The van der Waals surface area contributed by atoms with Crippen molar-refractivity contribution in [1.82, 2.24) is 0 Å². The highest BCUT2D eigenvalue weighted by molar-refractivity contribution is 5.07. The Morgan fingerprint density at radius 3 is 2.00 bits per heavy atom. The highest BCUT2D eigenvalue weighted by atomic mass is 16.5. The third-order valence-corrected chi connectivity index (χ3v) is 1.47. The third-order valence-electron chi connectivity index (χ3n) is 1.47. The van der Waals surface area contributed by atoms with Gasteiger partial charge in [0.25, 0.3) is 0 Å². The van der Waals surface area contributed by atoms with Crippen LogP contribution in [0.25, 0.3) is 0 Å². The van der Waals surface area contributed by atoms with E-state index in [0.717, 1.165) is 0 Å². The van der Waals surface area contributed by atoms with Crippen LogP contribution in [0.15, 0.2) is 23.0 Å². The number of allylic oxidation sites excluding steroid dienone is 2. The lowest BCUT2D eigenvalue weighted by atomic mass is 10.2. The zero-order valence-electron chi connectivity index (χ0n) is 8.19. The summed E-state index contributed by atoms with van der Waals surface area (Å²) in [4.78, 5) is 0. The molecule has 64 valence electrons. The van der Waals surface area contributed by atoms with Crippen LogP contribution in [0.5, 0.6) is 0 Å². The summed E-state index contributed by atoms with van der Waals surface area (Å²) in [5, 5.41) is 0. The van der Waals surface area contributed by atoms with Crippen LogP contribution < -0.4 is 0 Å². The summed E-state index contributed by atoms with van der Waals surface area (Å²) in [6.07, 6.45) is 1.80. The Hall–Kier alpha value is -0.720. The molecule has 0 aliphatic carbocycles. The van der Waals surface area contributed by atoms with E-state index in [1.807, 2.05) is 13.8 Å². The molecule has 0 rings (SSSR count). The van der Waals surface area contributed by atoms with E-state index in [1.54, 1.807) is 6.26 Å². The van der Waals surface area contributed by atoms with Gasteiger partial charge < -0.3 is 4.74 Å². The molecule has 0 spiro atoms. The van der Waals surface area contributed by atoms with E-state index in [4.69, 9.17) is 4.74 Å². The lowest BCUT2D eigenvalue weighted by Crippen LogP contribution is -1.91. The molecule has 0 fully saturated rings. The SMILES string of the molecule is CC(C)=COCC(C)=C(C)C. The fourth-order valence-electron chi connectivity index (χ4n) is 0.478. The lowest BCUT2D eigenvalue weighted by molar-refractivity contribution is 0.276. The first-order valence-corrected chi connectivity index (χ1v) is 3.92. The molecule has 0 N–H and O–H groups in total. The second kappa shape index (κ2) is 5.00. The van der Waals surface area contributed by atoms with Crippen molar-refractivity contribution in [2.75, 3.05) is 6.61 Å². The molecule has 0 unspecified atom stereocenters. The van der Waals surface area contributed by atoms with Gasteiger partial charge in [0.15, 0.2) is 0 Å². The Bertz CT molecular complexity index is 167. The van der Waals surface area contributed by atoms with E-state index in [2.05, 4.69) is 20.8 Å². The van der Waals surface area contributed by atoms with Gasteiger partial charge in [-0.2, -0.15) is 0 Å². The van der Waals surface area contributed by atoms with Gasteiger partial charge >= 0.3 is 0 Å². The van der Waals surface area contributed by atoms with E-state index in [1.165, 1.54) is 16.7 Å². The molecule has 1 heteroatoms. The van der Waals surface area contributed by atoms with Gasteiger partial charge in [-0.15, -0.1) is 0 Å². The molecular weight excluding hydrogens is 136 g/mol. The maximum atomic E-state index is 5.30. The van der Waals surface area contributed by atoms with Crippen molar-refractivity contribution in [3.8, 4) is 0 Å². The summed E-state index contributed by atoms with van der Waals surface area (Å²) in [5.74, 6) is 0. The number of hydrogen-bond acceptors (Lipinski definition) is 1. The molecule has 0 aliphatic rings. The Morgan fingerprint density at radius 2 is 1.64 bits per heavy atom. The summed E-state index contributed by atoms with van der Waals surface area (Å²) in [7, 11) is 0. The molecule has 0 atom stereocenters. The smallest absolute Gasteiger partial charge is 0.108 e. The summed E-state index contributed by atoms with van der Waals surface area (Å²) < 4.78 is 5.30. The minimum Gasteiger partial charge on any atom is -0.497 e. The Kier molecular flexibility index (Phi) is 4.67. The molecule has 0 aromatic heterocycles. The first kappa shape index (κ1) is 10.3. The van der Waals surface area contributed by atoms with Gasteiger partial charge in [0.2, 0.25) is 0 Å². The minimum absolute atomic E-state index is 0.716. The standard InChI is InChI=1S/C10H18O/c1-8(2)6-11-7-10(5)9(3)4/h6H,7H2,1-5H3. The molecule has 0 saturated heterocycles. The lowest BCUT2D eigenvalue weighted by Gasteiger charge is -2.03. The molecule has 0 amide bonds. The molecule has 0 aromatic rings. The van der Waals surface area contributed by atoms with E-state index >= 15 is 0 Å². The van der Waals surface area contributed by atoms with Gasteiger partial charge in [-0.05, 0) is 45.8 Å². The van der Waals surface area contributed by atoms with Crippen molar-refractivity contribution in [2.24, 2.45) is 0 Å². The summed E-state index contributed by atoms with van der Waals surface area (Å²) in [6.45, 7) is 11.1. The molecule has 0 heterocycles. The van der Waals surface area contributed by atoms with E-state index < -0.39 is 0 Å². The predicted molar refractivity (Wildman–Crippen MR) is 49.4 cm³/mol. The van der Waals surface area contributed by atoms with E-state index in [-0.39, 0.29) is 0 Å². The second-order valence-corrected chi connectivity index (χ2v) is 3.29. The van der Waals surface area contributed by atoms with E-state index in [0.29, 0.717) is 6.61 Å². The molecule has 0 aliphatic heterocycles. The van der Waals surface area contributed by atoms with Crippen LogP contribution in [-0.2, 0) is 4.74 Å². The summed E-state index contributed by atoms with van der Waals surface area (Å²) in [5.41, 5.74) is 3.85. The van der Waals surface area contributed by atoms with E-state index in [9.17, 15) is 0 Å². The molecule has 0 aromatic carbocycles. The quantitative estimate of drug-likeness (QED) is 0.447. The zero-order chi connectivity index (χ0) is 8.85. The van der Waals surface area contributed by atoms with Crippen molar-refractivity contribution in [3.05, 3.63) is 23.0 Å². The number of rotatable bonds is 3. The average Bonchev–Trinajstić information content (AvgIpc) is 1.86. The van der Waals surface area contributed by atoms with Crippen LogP contribution in [0.4, 0.5) is 0 Å². The molecule has 0 saturated carbocycles. The third kappa shape index (κ3) is 5.71. The largest absolute Gasteiger partial charge is 0.497 e. The monoisotopic (exact) mass is 154 g/mol. The first-order chi connectivity index (χ1) is 5.04. The fourth-order valence-corrected chi connectivity index (χ4v) is 0.478. The second-order valence-electron chi connectivity index (χ2n) is 3.29. The van der Waals surface area contributed by atoms with Crippen LogP contribution in [-0.4, -0.2) is 6.61 Å². The van der Waals surface area contributed by atoms with Crippen molar-refractivity contribution < 1.29 is 4.74 Å². The normalized spacial score (nSPS) is 8.82. The molecule has 0 bridgehead atoms. The zero-order valence-corrected chi connectivity index (χ0v) is 8.19. The van der Waals surface area contributed by atoms with Crippen molar-refractivity contribution in [1.29, 1.82) is 0 Å². The maximum Gasteiger partial charge on any atom is 0.108 e. The Morgan fingerprint density at radius 1 is 1.09 bits per heavy atom. The Labute approximate surface area is 69.8 Å². The van der Waals surface area contributed by atoms with Crippen LogP contribution >= 0.6 is 0 Å². The predicted octanol–water partition coefficient (Wildman–Crippen LogP) is 3.28. The summed E-state index contributed by atoms with van der Waals surface area (Å²) >= 11 is 0. The van der Waals surface area contributed by atoms with Crippen LogP contribution in [0, 0.1) is 0 Å². The molecular formula is C10H18O. The Balaban J connectivity index is 3.73. The van der Waals surface area contributed by atoms with Gasteiger partial charge in [0.05, 0.1) is 6.26 Å². The van der Waals surface area contributed by atoms with Crippen molar-refractivity contribution >= 4 is 0 Å². The van der Waals surface area contributed by atoms with Gasteiger partial charge in [-0.25, -0.2) is 0 Å². The first-order valence-electron chi connectivity index (χ1n) is 3.92. The average molecular weight is 154 g/mol. The fraction of sp³-hybridized carbons (Fsp3) is 0.600. The highest BCUT2D eigenvalue weighted by Crippen LogP contribution is 2.02. The van der Waals surface area contributed by atoms with Crippen LogP contribution in [0.2, 0.25) is 0 Å². The summed E-state index contributed by atoms with van der Waals surface area (Å²) in [6, 6.07) is 0. The van der Waals surface area contributed by atoms with Gasteiger partial charge in [0.1, 0.15) is 6.61 Å². The molecule has 11 heavy (non-hydrogen) atoms. The van der Waals surface area contributed by atoms with Crippen molar-refractivity contribution in [2.45, 2.75) is 34.6 Å². The van der Waals surface area contributed by atoms with Gasteiger partial charge in [-0.3, -0.25) is 0 Å². The topological polar surface area (TPSA) is 9.23 Å². The molecule has 1 nitrogen and oxygen atoms in total. The van der Waals surface area contributed by atoms with Crippen LogP contribution in [0.3, 0.4) is 0 Å². The van der Waals surface area contributed by atoms with Crippen LogP contribution in [0.1, 0.15) is 34.6 Å². The number of ether oxygens (including phenoxy) is 1. The molecule has 0 radical (unpaired) electrons. The minimum atomic E-state index is 0.716. The van der Waals surface area contributed by atoms with Gasteiger partial charge in [-0.1, -0.05) is 5.57 Å². The van der Waals surface area contributed by atoms with Gasteiger partial charge in [0, 0.05) is 0 Å². The van der Waals surface area contributed by atoms with Crippen molar-refractivity contribution in [3.63, 3.8) is 0 Å².